The van der Waals surface area contributed by atoms with Gasteiger partial charge < -0.3 is 21.7 Å². The minimum atomic E-state index is -1.50. The Hall–Kier alpha value is -3.87. The molecular formula is C45H48I2N4O7S. The van der Waals surface area contributed by atoms with Gasteiger partial charge in [-0.3, -0.25) is 14.4 Å². The summed E-state index contributed by atoms with van der Waals surface area (Å²) in [5.74, 6) is -0.939. The molecule has 4 aromatic rings. The van der Waals surface area contributed by atoms with Crippen molar-refractivity contribution in [3.05, 3.63) is 119 Å². The summed E-state index contributed by atoms with van der Waals surface area (Å²) in [6.45, 7) is 2.52. The first-order valence-electron chi connectivity index (χ1n) is 20.3. The third kappa shape index (κ3) is 11.5. The average Bonchev–Trinajstić information content (AvgIpc) is 4.12. The molecule has 2 aliphatic carbocycles. The second-order valence-corrected chi connectivity index (χ2v) is 18.0. The second-order valence-electron chi connectivity index (χ2n) is 15.7. The van der Waals surface area contributed by atoms with Gasteiger partial charge in [-0.25, -0.2) is 13.3 Å². The van der Waals surface area contributed by atoms with E-state index in [1.54, 1.807) is 88.5 Å². The zero-order chi connectivity index (χ0) is 41.3. The van der Waals surface area contributed by atoms with Gasteiger partial charge in [-0.2, -0.15) is 0 Å². The Morgan fingerprint density at radius 2 is 1.39 bits per heavy atom. The van der Waals surface area contributed by atoms with Crippen LogP contribution in [0.1, 0.15) is 100.0 Å². The van der Waals surface area contributed by atoms with Crippen molar-refractivity contribution in [1.82, 2.24) is 4.31 Å². The summed E-state index contributed by atoms with van der Waals surface area (Å²) in [5.41, 5.74) is 5.33. The number of amides is 2. The monoisotopic (exact) mass is 1040 g/mol. The SMILES string of the molecule is O=C(Nc1ccc(N2CCCCC2)cc1C(=O)Nc1ccc(CCc2ccc(C(=O)OI)cc2)cc1)c1cccc(S(=O)N(CC2CC2)C2CCC(C(=O)OI)CC2)c1. The minimum Gasteiger partial charge on any atom is -0.394 e. The lowest BCUT2D eigenvalue weighted by Crippen LogP contribution is -2.41. The van der Waals surface area contributed by atoms with Gasteiger partial charge in [-0.1, -0.05) is 30.3 Å². The number of carbonyl (C=O) groups is 4. The van der Waals surface area contributed by atoms with E-state index in [1.165, 1.54) is 6.42 Å². The lowest BCUT2D eigenvalue weighted by atomic mass is 9.86. The minimum absolute atomic E-state index is 0.0705. The molecule has 1 heterocycles. The molecule has 1 aliphatic heterocycles. The Labute approximate surface area is 376 Å². The van der Waals surface area contributed by atoms with Gasteiger partial charge in [0.15, 0.2) is 46.0 Å². The van der Waals surface area contributed by atoms with E-state index in [1.807, 2.05) is 48.5 Å². The van der Waals surface area contributed by atoms with Gasteiger partial charge in [0.1, 0.15) is 11.0 Å². The Kier molecular flexibility index (Phi) is 15.1. The molecule has 2 N–H and O–H groups in total. The third-order valence-electron chi connectivity index (χ3n) is 11.6. The van der Waals surface area contributed by atoms with Crippen molar-refractivity contribution in [2.24, 2.45) is 11.8 Å². The number of hydrogen-bond donors (Lipinski definition) is 2. The van der Waals surface area contributed by atoms with E-state index >= 15 is 0 Å². The molecule has 0 bridgehead atoms. The first-order valence-corrected chi connectivity index (χ1v) is 23.2. The van der Waals surface area contributed by atoms with Gasteiger partial charge in [0.2, 0.25) is 0 Å². The van der Waals surface area contributed by atoms with Crippen molar-refractivity contribution >= 4 is 97.8 Å². The number of aryl methyl sites for hydroxylation is 2. The summed E-state index contributed by atoms with van der Waals surface area (Å²) in [5, 5.41) is 6.04. The maximum atomic E-state index is 14.2. The van der Waals surface area contributed by atoms with E-state index in [9.17, 15) is 23.4 Å². The maximum Gasteiger partial charge on any atom is 0.347 e. The van der Waals surface area contributed by atoms with Crippen molar-refractivity contribution in [3.8, 4) is 0 Å². The van der Waals surface area contributed by atoms with Crippen LogP contribution in [-0.4, -0.2) is 57.9 Å². The number of halogens is 2. The van der Waals surface area contributed by atoms with Crippen molar-refractivity contribution in [2.75, 3.05) is 35.2 Å². The molecule has 3 fully saturated rings. The quantitative estimate of drug-likeness (QED) is 0.113. The van der Waals surface area contributed by atoms with Gasteiger partial charge in [-0.05, 0) is 148 Å². The van der Waals surface area contributed by atoms with E-state index in [0.717, 1.165) is 81.3 Å². The highest BCUT2D eigenvalue weighted by atomic mass is 127. The average molecular weight is 1040 g/mol. The number of benzene rings is 4. The standard InChI is InChI=1S/C45H48I2N4O7S/c46-57-44(54)33-15-11-30(12-16-33)7-8-31-13-19-36(20-14-31)48-43(53)40-28-38(50-25-2-1-3-26-50)23-24-41(40)49-42(52)35-5-4-6-39(27-35)59(56)51(29-32-9-10-32)37-21-17-34(18-22-37)45(55)58-47/h4-6,11-16,19-20,23-24,27-28,32,34,37H,1-3,7-10,17-18,21-22,25-26,29H2,(H,48,53)(H,49,52). The Bertz CT molecular complexity index is 2150. The third-order valence-corrected chi connectivity index (χ3v) is 13.9. The lowest BCUT2D eigenvalue weighted by Gasteiger charge is -2.35. The predicted octanol–water partition coefficient (Wildman–Crippen LogP) is 9.66. The number of anilines is 3. The molecule has 14 heteroatoms. The number of rotatable bonds is 15. The zero-order valence-electron chi connectivity index (χ0n) is 32.7. The highest BCUT2D eigenvalue weighted by Gasteiger charge is 2.36. The van der Waals surface area contributed by atoms with Crippen LogP contribution in [0, 0.1) is 11.8 Å². The van der Waals surface area contributed by atoms with Crippen LogP contribution in [-0.2, 0) is 34.8 Å². The Morgan fingerprint density at radius 3 is 2.03 bits per heavy atom. The van der Waals surface area contributed by atoms with E-state index < -0.39 is 16.9 Å². The molecule has 310 valence electrons. The number of piperidine rings is 1. The molecule has 7 rings (SSSR count). The van der Waals surface area contributed by atoms with E-state index in [4.69, 9.17) is 6.13 Å². The van der Waals surface area contributed by atoms with Crippen molar-refractivity contribution < 1.29 is 29.5 Å². The van der Waals surface area contributed by atoms with Crippen LogP contribution in [0.5, 0.6) is 0 Å². The molecule has 0 radical (unpaired) electrons. The van der Waals surface area contributed by atoms with Crippen LogP contribution in [0.2, 0.25) is 0 Å². The molecule has 2 amide bonds. The fraction of sp³-hybridized carbons (Fsp3) is 0.378. The van der Waals surface area contributed by atoms with Crippen LogP contribution in [0.15, 0.2) is 95.9 Å². The molecule has 1 unspecified atom stereocenters. The molecule has 0 aromatic heterocycles. The summed E-state index contributed by atoms with van der Waals surface area (Å²) in [4.78, 5) is 54.7. The molecule has 11 nitrogen and oxygen atoms in total. The molecule has 1 atom stereocenters. The van der Waals surface area contributed by atoms with Crippen LogP contribution < -0.4 is 15.5 Å². The van der Waals surface area contributed by atoms with E-state index in [0.29, 0.717) is 58.3 Å². The van der Waals surface area contributed by atoms with Gasteiger partial charge in [-0.15, -0.1) is 0 Å². The Morgan fingerprint density at radius 1 is 0.712 bits per heavy atom. The first kappa shape index (κ1) is 43.2. The Balaban J connectivity index is 1.04. The van der Waals surface area contributed by atoms with Crippen molar-refractivity contribution in [2.45, 2.75) is 81.6 Å². The second kappa shape index (κ2) is 20.6. The molecular weight excluding hydrogens is 994 g/mol. The van der Waals surface area contributed by atoms with E-state index in [-0.39, 0.29) is 29.8 Å². The number of nitrogens with one attached hydrogen (secondary N) is 2. The van der Waals surface area contributed by atoms with Crippen molar-refractivity contribution in [3.63, 3.8) is 0 Å². The summed E-state index contributed by atoms with van der Waals surface area (Å²) in [6.07, 6.45) is 10.0. The van der Waals surface area contributed by atoms with Crippen molar-refractivity contribution in [1.29, 1.82) is 0 Å². The number of hydrogen-bond acceptors (Lipinski definition) is 8. The van der Waals surface area contributed by atoms with Crippen LogP contribution in [0.25, 0.3) is 0 Å². The molecule has 4 aromatic carbocycles. The topological polar surface area (TPSA) is 134 Å². The highest BCUT2D eigenvalue weighted by Crippen LogP contribution is 2.36. The molecule has 3 aliphatic rings. The van der Waals surface area contributed by atoms with E-state index in [2.05, 4.69) is 19.8 Å². The molecule has 2 saturated carbocycles. The normalized spacial score (nSPS) is 18.5. The number of nitrogens with zero attached hydrogens (tertiary/aromatic N) is 2. The van der Waals surface area contributed by atoms with Crippen LogP contribution >= 0.6 is 46.0 Å². The summed E-state index contributed by atoms with van der Waals surface area (Å²) in [6, 6.07) is 27.7. The van der Waals surface area contributed by atoms with Gasteiger partial charge in [0.05, 0.1) is 27.6 Å². The summed E-state index contributed by atoms with van der Waals surface area (Å²) >= 11 is 3.23. The highest BCUT2D eigenvalue weighted by molar-refractivity contribution is 14.1. The molecule has 0 spiro atoms. The first-order chi connectivity index (χ1) is 28.7. The molecule has 59 heavy (non-hydrogen) atoms. The number of carbonyl (C=O) groups excluding carboxylic acids is 4. The largest absolute Gasteiger partial charge is 0.394 e. The maximum absolute atomic E-state index is 14.2. The summed E-state index contributed by atoms with van der Waals surface area (Å²) < 4.78 is 26.0. The molecule has 1 saturated heterocycles. The predicted molar refractivity (Wildman–Crippen MR) is 246 cm³/mol. The van der Waals surface area contributed by atoms with Crippen LogP contribution in [0.4, 0.5) is 17.1 Å². The van der Waals surface area contributed by atoms with Gasteiger partial charge in [0, 0.05) is 42.6 Å². The van der Waals surface area contributed by atoms with Crippen LogP contribution in [0.3, 0.4) is 0 Å². The fourth-order valence-electron chi connectivity index (χ4n) is 7.92. The van der Waals surface area contributed by atoms with Gasteiger partial charge >= 0.3 is 11.9 Å². The fourth-order valence-corrected chi connectivity index (χ4v) is 10.1. The van der Waals surface area contributed by atoms with Gasteiger partial charge in [0.25, 0.3) is 11.8 Å². The zero-order valence-corrected chi connectivity index (χ0v) is 37.8. The summed E-state index contributed by atoms with van der Waals surface area (Å²) in [7, 11) is -1.50. The lowest BCUT2D eigenvalue weighted by molar-refractivity contribution is -0.137. The smallest absolute Gasteiger partial charge is 0.347 e.